The molecule has 0 aliphatic carbocycles. The smallest absolute Gasteiger partial charge is 0.199 e. The third kappa shape index (κ3) is 4.88. The van der Waals surface area contributed by atoms with Gasteiger partial charge in [-0.3, -0.25) is 0 Å². The zero-order chi connectivity index (χ0) is 15.8. The third-order valence-electron chi connectivity index (χ3n) is 4.10. The lowest BCUT2D eigenvalue weighted by atomic mass is 9.99. The molecule has 0 saturated carbocycles. The van der Waals surface area contributed by atoms with Crippen LogP contribution in [0, 0.1) is 0 Å². The molecule has 2 aromatic rings. The highest BCUT2D eigenvalue weighted by Gasteiger charge is 2.10. The Balaban J connectivity index is 1.89. The Hall–Kier alpha value is -1.80. The molecule has 2 atom stereocenters. The van der Waals surface area contributed by atoms with Gasteiger partial charge in [0.1, 0.15) is 5.75 Å². The lowest BCUT2D eigenvalue weighted by Crippen LogP contribution is -2.19. The summed E-state index contributed by atoms with van der Waals surface area (Å²) in [6, 6.07) is 18.8. The van der Waals surface area contributed by atoms with Crippen molar-refractivity contribution in [2.45, 2.75) is 45.3 Å². The molecule has 2 unspecified atom stereocenters. The Labute approximate surface area is 134 Å². The van der Waals surface area contributed by atoms with Gasteiger partial charge in [-0.2, -0.15) is 0 Å². The van der Waals surface area contributed by atoms with E-state index >= 15 is 0 Å². The van der Waals surface area contributed by atoms with Gasteiger partial charge in [0.25, 0.3) is 0 Å². The molecule has 2 heteroatoms. The van der Waals surface area contributed by atoms with Crippen LogP contribution in [0.15, 0.2) is 54.6 Å². The fourth-order valence-corrected chi connectivity index (χ4v) is 2.42. The number of hydrogen-bond donors (Lipinski definition) is 0. The molecule has 0 amide bonds. The van der Waals surface area contributed by atoms with Gasteiger partial charge in [0.05, 0.1) is 0 Å². The van der Waals surface area contributed by atoms with Crippen molar-refractivity contribution >= 4 is 0 Å². The second kappa shape index (κ2) is 8.60. The maximum absolute atomic E-state index is 5.93. The molecule has 0 aliphatic heterocycles. The Morgan fingerprint density at radius 1 is 0.955 bits per heavy atom. The fraction of sp³-hybridized carbons (Fsp3) is 0.400. The molecule has 0 bridgehead atoms. The lowest BCUT2D eigenvalue weighted by Gasteiger charge is -2.18. The van der Waals surface area contributed by atoms with Crippen LogP contribution in [0.3, 0.4) is 0 Å². The summed E-state index contributed by atoms with van der Waals surface area (Å²) in [6.07, 6.45) is 2.73. The summed E-state index contributed by atoms with van der Waals surface area (Å²) in [5, 5.41) is 0. The van der Waals surface area contributed by atoms with E-state index in [1.807, 2.05) is 18.2 Å². The van der Waals surface area contributed by atoms with E-state index in [1.54, 1.807) is 7.11 Å². The van der Waals surface area contributed by atoms with Crippen LogP contribution in [0.25, 0.3) is 0 Å². The minimum absolute atomic E-state index is 0.213. The van der Waals surface area contributed by atoms with Crippen LogP contribution in [-0.4, -0.2) is 13.4 Å². The molecular formula is C20H26O2. The third-order valence-corrected chi connectivity index (χ3v) is 4.10. The minimum atomic E-state index is -0.213. The first kappa shape index (κ1) is 16.6. The summed E-state index contributed by atoms with van der Waals surface area (Å²) in [4.78, 5) is 0. The molecule has 0 aliphatic rings. The summed E-state index contributed by atoms with van der Waals surface area (Å²) >= 11 is 0. The van der Waals surface area contributed by atoms with Crippen LogP contribution >= 0.6 is 0 Å². The van der Waals surface area contributed by atoms with Gasteiger partial charge in [-0.15, -0.1) is 0 Å². The number of benzene rings is 2. The Kier molecular flexibility index (Phi) is 6.47. The van der Waals surface area contributed by atoms with Gasteiger partial charge in [0.2, 0.25) is 0 Å². The van der Waals surface area contributed by atoms with Crippen molar-refractivity contribution < 1.29 is 9.47 Å². The van der Waals surface area contributed by atoms with Crippen molar-refractivity contribution in [1.82, 2.24) is 0 Å². The molecule has 0 fully saturated rings. The number of ether oxygens (including phenoxy) is 2. The summed E-state index contributed by atoms with van der Waals surface area (Å²) in [5.41, 5.74) is 2.66. The molecule has 22 heavy (non-hydrogen) atoms. The first-order valence-corrected chi connectivity index (χ1v) is 8.06. The van der Waals surface area contributed by atoms with E-state index in [2.05, 4.69) is 50.2 Å². The molecule has 0 radical (unpaired) electrons. The number of hydrogen-bond acceptors (Lipinski definition) is 2. The molecule has 0 spiro atoms. The zero-order valence-corrected chi connectivity index (χ0v) is 13.8. The van der Waals surface area contributed by atoms with Crippen molar-refractivity contribution in [3.05, 3.63) is 65.7 Å². The average molecular weight is 298 g/mol. The molecule has 118 valence electrons. The van der Waals surface area contributed by atoms with E-state index in [1.165, 1.54) is 11.1 Å². The number of rotatable bonds is 8. The van der Waals surface area contributed by atoms with Crippen molar-refractivity contribution in [3.63, 3.8) is 0 Å². The average Bonchev–Trinajstić information content (AvgIpc) is 2.59. The topological polar surface area (TPSA) is 18.5 Å². The highest BCUT2D eigenvalue weighted by molar-refractivity contribution is 5.29. The Morgan fingerprint density at radius 2 is 1.64 bits per heavy atom. The standard InChI is InChI=1S/C20H26O2/c1-4-16(2)18-11-13-19(14-12-18)22-20(21-3)15-10-17-8-6-5-7-9-17/h5-9,11-14,16,20H,4,10,15H2,1-3H3. The van der Waals surface area contributed by atoms with Crippen molar-refractivity contribution in [1.29, 1.82) is 0 Å². The quantitative estimate of drug-likeness (QED) is 0.625. The molecule has 2 aromatic carbocycles. The monoisotopic (exact) mass is 298 g/mol. The lowest BCUT2D eigenvalue weighted by molar-refractivity contribution is -0.0577. The molecular weight excluding hydrogens is 272 g/mol. The van der Waals surface area contributed by atoms with E-state index < -0.39 is 0 Å². The van der Waals surface area contributed by atoms with Crippen molar-refractivity contribution in [2.75, 3.05) is 7.11 Å². The largest absolute Gasteiger partial charge is 0.465 e. The van der Waals surface area contributed by atoms with Crippen LogP contribution in [-0.2, 0) is 11.2 Å². The Bertz CT molecular complexity index is 533. The van der Waals surface area contributed by atoms with Crippen LogP contribution in [0.1, 0.15) is 43.7 Å². The van der Waals surface area contributed by atoms with E-state index in [0.29, 0.717) is 5.92 Å². The van der Waals surface area contributed by atoms with Crippen LogP contribution in [0.4, 0.5) is 0 Å². The number of methoxy groups -OCH3 is 1. The second-order valence-corrected chi connectivity index (χ2v) is 5.69. The maximum Gasteiger partial charge on any atom is 0.199 e. The van der Waals surface area contributed by atoms with Crippen LogP contribution in [0.5, 0.6) is 5.75 Å². The van der Waals surface area contributed by atoms with Crippen molar-refractivity contribution in [2.24, 2.45) is 0 Å². The molecule has 0 N–H and O–H groups in total. The van der Waals surface area contributed by atoms with Gasteiger partial charge in [-0.05, 0) is 42.0 Å². The first-order valence-electron chi connectivity index (χ1n) is 8.06. The van der Waals surface area contributed by atoms with Crippen LogP contribution < -0.4 is 4.74 Å². The summed E-state index contributed by atoms with van der Waals surface area (Å²) in [5.74, 6) is 1.46. The van der Waals surface area contributed by atoms with E-state index in [0.717, 1.165) is 25.0 Å². The molecule has 2 nitrogen and oxygen atoms in total. The summed E-state index contributed by atoms with van der Waals surface area (Å²) in [7, 11) is 1.70. The molecule has 0 aromatic heterocycles. The van der Waals surface area contributed by atoms with Gasteiger partial charge < -0.3 is 9.47 Å². The fourth-order valence-electron chi connectivity index (χ4n) is 2.42. The molecule has 0 heterocycles. The summed E-state index contributed by atoms with van der Waals surface area (Å²) < 4.78 is 11.4. The predicted octanol–water partition coefficient (Wildman–Crippen LogP) is 5.18. The summed E-state index contributed by atoms with van der Waals surface area (Å²) in [6.45, 7) is 4.45. The van der Waals surface area contributed by atoms with E-state index in [9.17, 15) is 0 Å². The highest BCUT2D eigenvalue weighted by Crippen LogP contribution is 2.22. The van der Waals surface area contributed by atoms with Crippen LogP contribution in [0.2, 0.25) is 0 Å². The van der Waals surface area contributed by atoms with Gasteiger partial charge >= 0.3 is 0 Å². The van der Waals surface area contributed by atoms with Gasteiger partial charge in [-0.1, -0.05) is 56.3 Å². The number of aryl methyl sites for hydroxylation is 1. The highest BCUT2D eigenvalue weighted by atomic mass is 16.7. The minimum Gasteiger partial charge on any atom is -0.465 e. The van der Waals surface area contributed by atoms with Gasteiger partial charge in [-0.25, -0.2) is 0 Å². The van der Waals surface area contributed by atoms with Crippen molar-refractivity contribution in [3.8, 4) is 5.75 Å². The van der Waals surface area contributed by atoms with Gasteiger partial charge in [0.15, 0.2) is 6.29 Å². The Morgan fingerprint density at radius 3 is 2.23 bits per heavy atom. The normalized spacial score (nSPS) is 13.6. The van der Waals surface area contributed by atoms with E-state index in [-0.39, 0.29) is 6.29 Å². The maximum atomic E-state index is 5.93. The van der Waals surface area contributed by atoms with Gasteiger partial charge in [0, 0.05) is 13.5 Å². The molecule has 0 saturated heterocycles. The predicted molar refractivity (Wildman–Crippen MR) is 91.3 cm³/mol. The van der Waals surface area contributed by atoms with E-state index in [4.69, 9.17) is 9.47 Å². The second-order valence-electron chi connectivity index (χ2n) is 5.69. The SMILES string of the molecule is CCC(C)c1ccc(OC(CCc2ccccc2)OC)cc1. The molecule has 2 rings (SSSR count). The first-order chi connectivity index (χ1) is 10.7. The zero-order valence-electron chi connectivity index (χ0n) is 13.8.